The maximum absolute atomic E-state index is 13.4. The highest BCUT2D eigenvalue weighted by atomic mass is 16.7. The molecule has 17 nitrogen and oxygen atoms in total. The molecule has 0 bridgehead atoms. The molecule has 0 aromatic carbocycles. The van der Waals surface area contributed by atoms with Crippen LogP contribution in [0.3, 0.4) is 0 Å². The van der Waals surface area contributed by atoms with Gasteiger partial charge >= 0.3 is 11.9 Å². The van der Waals surface area contributed by atoms with Gasteiger partial charge in [-0.2, -0.15) is 0 Å². The number of allylic oxidation sites excluding steroid dienone is 2. The van der Waals surface area contributed by atoms with Crippen molar-refractivity contribution in [2.75, 3.05) is 35.3 Å². The van der Waals surface area contributed by atoms with Crippen LogP contribution in [-0.2, 0) is 57.0 Å². The van der Waals surface area contributed by atoms with Gasteiger partial charge in [0, 0.05) is 39.3 Å². The van der Waals surface area contributed by atoms with Crippen LogP contribution in [0.1, 0.15) is 93.4 Å². The molecular weight excluding hydrogens is 808 g/mol. The van der Waals surface area contributed by atoms with E-state index in [1.54, 1.807) is 39.8 Å². The third kappa shape index (κ3) is 14.1. The van der Waals surface area contributed by atoms with E-state index in [-0.39, 0.29) is 37.3 Å². The van der Waals surface area contributed by atoms with Crippen LogP contribution in [0.2, 0.25) is 0 Å². The normalized spacial score (nSPS) is 44.0. The maximum Gasteiger partial charge on any atom is 0.309 e. The van der Waals surface area contributed by atoms with E-state index in [0.717, 1.165) is 12.7 Å². The Kier molecular flexibility index (Phi) is 20.0. The Morgan fingerprint density at radius 3 is 2.19 bits per heavy atom. The quantitative estimate of drug-likeness (QED) is 0.191. The van der Waals surface area contributed by atoms with Crippen LogP contribution in [0.4, 0.5) is 0 Å². The van der Waals surface area contributed by atoms with Crippen molar-refractivity contribution >= 4 is 18.2 Å². The number of ether oxygens (including phenoxy) is 9. The van der Waals surface area contributed by atoms with Gasteiger partial charge in [-0.15, -0.1) is 0 Å². The number of hydrogen-bond donors (Lipinski definition) is 3. The average Bonchev–Trinajstić information content (AvgIpc) is 3.16. The molecule has 0 saturated carbocycles. The highest BCUT2D eigenvalue weighted by molar-refractivity contribution is 5.72. The van der Waals surface area contributed by atoms with Crippen LogP contribution >= 0.6 is 0 Å². The third-order valence-electron chi connectivity index (χ3n) is 12.7. The molecule has 17 heteroatoms. The molecule has 3 fully saturated rings. The minimum atomic E-state index is -1.49. The molecule has 4 aliphatic rings. The van der Waals surface area contributed by atoms with E-state index < -0.39 is 109 Å². The first-order valence-electron chi connectivity index (χ1n) is 22.2. The van der Waals surface area contributed by atoms with Gasteiger partial charge in [-0.05, 0) is 93.9 Å². The highest BCUT2D eigenvalue weighted by Crippen LogP contribution is 2.38. The van der Waals surface area contributed by atoms with Gasteiger partial charge < -0.3 is 72.5 Å². The lowest BCUT2D eigenvalue weighted by atomic mass is 9.82. The fourth-order valence-corrected chi connectivity index (χ4v) is 9.40. The zero-order valence-electron chi connectivity index (χ0n) is 38.9. The topological polar surface area (TPSA) is 201 Å². The monoisotopic (exact) mass is 885 g/mol. The van der Waals surface area contributed by atoms with Gasteiger partial charge in [-0.3, -0.25) is 9.59 Å². The molecule has 356 valence electrons. The third-order valence-corrected chi connectivity index (χ3v) is 12.7. The lowest BCUT2D eigenvalue weighted by Gasteiger charge is -2.50. The molecule has 0 aromatic rings. The van der Waals surface area contributed by atoms with E-state index in [9.17, 15) is 29.7 Å². The number of aliphatic hydroxyl groups is 3. The summed E-state index contributed by atoms with van der Waals surface area (Å²) in [5.41, 5.74) is -1.49. The second kappa shape index (κ2) is 23.7. The average molecular weight is 885 g/mol. The van der Waals surface area contributed by atoms with Crippen LogP contribution in [-0.4, -0.2) is 182 Å². The van der Waals surface area contributed by atoms with Crippen LogP contribution in [0.15, 0.2) is 24.3 Å². The summed E-state index contributed by atoms with van der Waals surface area (Å²) in [6, 6.07) is -0.509. The first-order chi connectivity index (χ1) is 29.2. The van der Waals surface area contributed by atoms with E-state index in [4.69, 9.17) is 42.6 Å². The van der Waals surface area contributed by atoms with Gasteiger partial charge in [0.2, 0.25) is 0 Å². The molecule has 0 spiro atoms. The molecule has 4 rings (SSSR count). The Bertz CT molecular complexity index is 1480. The van der Waals surface area contributed by atoms with Crippen molar-refractivity contribution in [2.24, 2.45) is 11.8 Å². The largest absolute Gasteiger partial charge is 0.462 e. The lowest BCUT2D eigenvalue weighted by molar-refractivity contribution is -0.344. The van der Waals surface area contributed by atoms with E-state index in [1.165, 1.54) is 21.0 Å². The van der Waals surface area contributed by atoms with Crippen molar-refractivity contribution < 1.29 is 72.3 Å². The molecule has 4 heterocycles. The van der Waals surface area contributed by atoms with Gasteiger partial charge in [-0.1, -0.05) is 31.2 Å². The van der Waals surface area contributed by atoms with Crippen LogP contribution in [0.25, 0.3) is 0 Å². The van der Waals surface area contributed by atoms with Crippen molar-refractivity contribution in [2.45, 2.75) is 197 Å². The summed E-state index contributed by atoms with van der Waals surface area (Å²) in [4.78, 5) is 42.7. The number of nitrogens with zero attached hydrogens (tertiary/aromatic N) is 2. The Labute approximate surface area is 368 Å². The minimum Gasteiger partial charge on any atom is -0.462 e. The Morgan fingerprint density at radius 2 is 1.60 bits per heavy atom. The number of carbonyl (C=O) groups is 3. The second-order valence-corrected chi connectivity index (χ2v) is 18.4. The summed E-state index contributed by atoms with van der Waals surface area (Å²) in [7, 11) is 9.02. The van der Waals surface area contributed by atoms with Gasteiger partial charge in [0.1, 0.15) is 42.9 Å². The number of aldehydes is 1. The van der Waals surface area contributed by atoms with E-state index >= 15 is 0 Å². The number of esters is 2. The van der Waals surface area contributed by atoms with Crippen LogP contribution in [0, 0.1) is 11.8 Å². The first-order valence-corrected chi connectivity index (χ1v) is 22.2. The summed E-state index contributed by atoms with van der Waals surface area (Å²) >= 11 is 0. The Balaban J connectivity index is 1.73. The molecular formula is C45H76N2O15. The molecule has 3 saturated heterocycles. The number of aliphatic hydroxyl groups excluding tert-OH is 2. The molecule has 19 atom stereocenters. The summed E-state index contributed by atoms with van der Waals surface area (Å²) < 4.78 is 56.3. The predicted octanol–water partition coefficient (Wildman–Crippen LogP) is 2.90. The van der Waals surface area contributed by atoms with Crippen molar-refractivity contribution in [1.29, 1.82) is 0 Å². The standard InChI is InChI=1S/C45H76N2O15/c1-25-22-31(20-21-48)41(62-44-39(51)38(47(10)11)40(28(4)58-44)61-37-24-45(7,53)43(52)29(5)57-37)42(54-12)34(59-30(6)49)23-35(50)55-26(2)16-14-13-15-17-33(25)60-36-19-18-32(46(8)9)27(3)56-36/h13-15,17,21,25-29,31-34,36-44,51-53H,16,18-20,22-24H2,1-12H3/b14-13+,17-15+/t25-,26+,27-,28-,29-,31+,32+,33-,34-,36?,37?,38-,39-,40?,41+,42+,43-,44?,45+/m1/s1. The molecule has 4 aliphatic heterocycles. The minimum absolute atomic E-state index is 0.0293. The summed E-state index contributed by atoms with van der Waals surface area (Å²) in [6.07, 6.45) is -1.81. The number of carbonyl (C=O) groups excluding carboxylic acids is 3. The summed E-state index contributed by atoms with van der Waals surface area (Å²) in [5, 5.41) is 33.6. The van der Waals surface area contributed by atoms with Crippen molar-refractivity contribution in [3.8, 4) is 0 Å². The number of rotatable bonds is 12. The maximum atomic E-state index is 13.4. The van der Waals surface area contributed by atoms with Crippen LogP contribution in [0.5, 0.6) is 0 Å². The molecule has 0 radical (unpaired) electrons. The SMILES string of the molecule is CO[C@@H]1[C@@H](OC2O[C@H](C)C(OC3C[C@](C)(O)[C@H](O)[C@@H](C)O3)[C@H](N(C)C)[C@H]2O)[C@@H](CC=O)C[C@@H](C)[C@H](OC2CC[C@H](N(C)C)[C@@H](C)O2)/C=C/C=C/C[C@H](C)OC(=O)C[C@H]1OC(C)=O. The van der Waals surface area contributed by atoms with Gasteiger partial charge in [0.05, 0.1) is 48.6 Å². The number of methoxy groups -OCH3 is 1. The Hall–Kier alpha value is -2.39. The summed E-state index contributed by atoms with van der Waals surface area (Å²) in [6.45, 7) is 12.0. The van der Waals surface area contributed by atoms with Crippen molar-refractivity contribution in [3.63, 3.8) is 0 Å². The first kappa shape index (κ1) is 52.2. The smallest absolute Gasteiger partial charge is 0.309 e. The van der Waals surface area contributed by atoms with E-state index in [1.807, 2.05) is 52.2 Å². The molecule has 4 unspecified atom stereocenters. The molecule has 0 aliphatic carbocycles. The molecule has 0 aromatic heterocycles. The second-order valence-electron chi connectivity index (χ2n) is 18.4. The predicted molar refractivity (Wildman–Crippen MR) is 226 cm³/mol. The summed E-state index contributed by atoms with van der Waals surface area (Å²) in [5.74, 6) is -2.21. The lowest BCUT2D eigenvalue weighted by Crippen LogP contribution is -2.65. The van der Waals surface area contributed by atoms with E-state index in [2.05, 4.69) is 4.90 Å². The van der Waals surface area contributed by atoms with Crippen molar-refractivity contribution in [1.82, 2.24) is 9.80 Å². The van der Waals surface area contributed by atoms with Gasteiger partial charge in [0.15, 0.2) is 18.9 Å². The fraction of sp³-hybridized carbons (Fsp3) is 0.844. The molecule has 0 amide bonds. The number of cyclic esters (lactones) is 1. The van der Waals surface area contributed by atoms with Gasteiger partial charge in [0.25, 0.3) is 0 Å². The number of likely N-dealkylation sites (N-methyl/N-ethyl adjacent to an activating group) is 2. The Morgan fingerprint density at radius 1 is 0.903 bits per heavy atom. The van der Waals surface area contributed by atoms with E-state index in [0.29, 0.717) is 19.3 Å². The fourth-order valence-electron chi connectivity index (χ4n) is 9.40. The van der Waals surface area contributed by atoms with Gasteiger partial charge in [-0.25, -0.2) is 0 Å². The van der Waals surface area contributed by atoms with Crippen LogP contribution < -0.4 is 0 Å². The number of hydrogen-bond acceptors (Lipinski definition) is 17. The zero-order chi connectivity index (χ0) is 46.1. The molecule has 62 heavy (non-hydrogen) atoms. The highest BCUT2D eigenvalue weighted by Gasteiger charge is 2.52. The zero-order valence-corrected chi connectivity index (χ0v) is 38.9. The van der Waals surface area contributed by atoms with Crippen molar-refractivity contribution in [3.05, 3.63) is 24.3 Å². The molecule has 3 N–H and O–H groups in total.